The second-order valence-corrected chi connectivity index (χ2v) is 7.65. The Morgan fingerprint density at radius 3 is 2.60 bits per heavy atom. The zero-order valence-electron chi connectivity index (χ0n) is 16.7. The Labute approximate surface area is 179 Å². The Morgan fingerprint density at radius 1 is 1.10 bits per heavy atom. The zero-order valence-corrected chi connectivity index (χ0v) is 17.4. The summed E-state index contributed by atoms with van der Waals surface area (Å²) in [5.41, 5.74) is 3.92. The van der Waals surface area contributed by atoms with E-state index in [-0.39, 0.29) is 12.1 Å². The first-order valence-corrected chi connectivity index (χ1v) is 10.1. The predicted molar refractivity (Wildman–Crippen MR) is 115 cm³/mol. The third-order valence-electron chi connectivity index (χ3n) is 5.53. The van der Waals surface area contributed by atoms with Crippen LogP contribution < -0.4 is 10.1 Å². The quantitative estimate of drug-likeness (QED) is 0.523. The van der Waals surface area contributed by atoms with Crippen LogP contribution >= 0.6 is 11.6 Å². The minimum Gasteiger partial charge on any atom is -0.497 e. The summed E-state index contributed by atoms with van der Waals surface area (Å²) < 4.78 is 8.97. The van der Waals surface area contributed by atoms with E-state index in [0.29, 0.717) is 5.15 Å². The third kappa shape index (κ3) is 3.11. The van der Waals surface area contributed by atoms with Crippen molar-refractivity contribution in [2.24, 2.45) is 0 Å². The van der Waals surface area contributed by atoms with E-state index < -0.39 is 0 Å². The molecule has 1 aliphatic rings. The number of nitrogens with one attached hydrogen (secondary N) is 1. The SMILES string of the molecule is COc1ccc(C2CC(c3c(C)nn(-c4ccccc4)c3Cl)n3ncnc3N2)cc1. The van der Waals surface area contributed by atoms with Gasteiger partial charge in [-0.1, -0.05) is 41.9 Å². The molecule has 7 nitrogen and oxygen atoms in total. The molecule has 0 radical (unpaired) electrons. The molecule has 8 heteroatoms. The number of halogens is 1. The lowest BCUT2D eigenvalue weighted by Crippen LogP contribution is -2.28. The standard InChI is InChI=1S/C22H21ClN6O/c1-14-20(21(23)28(27-14)16-6-4-3-5-7-16)19-12-18(26-22-24-13-25-29(19)22)15-8-10-17(30-2)11-9-15/h3-11,13,18-19H,12H2,1-2H3,(H,24,25,26). The molecule has 0 saturated carbocycles. The highest BCUT2D eigenvalue weighted by Gasteiger charge is 2.34. The Morgan fingerprint density at radius 2 is 1.87 bits per heavy atom. The smallest absolute Gasteiger partial charge is 0.222 e. The van der Waals surface area contributed by atoms with Crippen molar-refractivity contribution in [2.75, 3.05) is 12.4 Å². The summed E-state index contributed by atoms with van der Waals surface area (Å²) in [5, 5.41) is 13.3. The molecule has 0 spiro atoms. The van der Waals surface area contributed by atoms with Crippen LogP contribution in [0.4, 0.5) is 5.95 Å². The molecule has 2 aromatic heterocycles. The average Bonchev–Trinajstić information content (AvgIpc) is 3.38. The summed E-state index contributed by atoms with van der Waals surface area (Å²) in [5.74, 6) is 1.55. The minimum absolute atomic E-state index is 0.0631. The zero-order chi connectivity index (χ0) is 20.7. The summed E-state index contributed by atoms with van der Waals surface area (Å²) in [6.07, 6.45) is 2.33. The van der Waals surface area contributed by atoms with Crippen LogP contribution in [0.1, 0.15) is 35.3 Å². The van der Waals surface area contributed by atoms with Crippen LogP contribution in [-0.4, -0.2) is 31.7 Å². The first kappa shape index (κ1) is 18.7. The summed E-state index contributed by atoms with van der Waals surface area (Å²) in [4.78, 5) is 4.41. The topological polar surface area (TPSA) is 69.8 Å². The van der Waals surface area contributed by atoms with Crippen LogP contribution in [0.15, 0.2) is 60.9 Å². The van der Waals surface area contributed by atoms with E-state index in [4.69, 9.17) is 21.4 Å². The first-order chi connectivity index (χ1) is 14.7. The Balaban J connectivity index is 1.56. The maximum Gasteiger partial charge on any atom is 0.222 e. The van der Waals surface area contributed by atoms with Gasteiger partial charge in [-0.2, -0.15) is 15.2 Å². The lowest BCUT2D eigenvalue weighted by Gasteiger charge is -2.31. The molecule has 0 aliphatic carbocycles. The van der Waals surface area contributed by atoms with Crippen LogP contribution in [-0.2, 0) is 0 Å². The van der Waals surface area contributed by atoms with Crippen molar-refractivity contribution in [1.82, 2.24) is 24.5 Å². The van der Waals surface area contributed by atoms with Gasteiger partial charge in [-0.05, 0) is 43.2 Å². The summed E-state index contributed by atoms with van der Waals surface area (Å²) in [7, 11) is 1.67. The van der Waals surface area contributed by atoms with Crippen LogP contribution in [0.25, 0.3) is 5.69 Å². The number of hydrogen-bond acceptors (Lipinski definition) is 5. The second-order valence-electron chi connectivity index (χ2n) is 7.29. The highest BCUT2D eigenvalue weighted by Crippen LogP contribution is 2.41. The summed E-state index contributed by atoms with van der Waals surface area (Å²) in [6.45, 7) is 1.99. The molecule has 1 aliphatic heterocycles. The first-order valence-electron chi connectivity index (χ1n) is 9.76. The number of hydrogen-bond donors (Lipinski definition) is 1. The lowest BCUT2D eigenvalue weighted by atomic mass is 9.93. The van der Waals surface area contributed by atoms with Gasteiger partial charge in [0.05, 0.1) is 30.6 Å². The largest absolute Gasteiger partial charge is 0.497 e. The van der Waals surface area contributed by atoms with Crippen molar-refractivity contribution < 1.29 is 4.74 Å². The van der Waals surface area contributed by atoms with E-state index >= 15 is 0 Å². The molecule has 4 aromatic rings. The fourth-order valence-corrected chi connectivity index (χ4v) is 4.44. The van der Waals surface area contributed by atoms with E-state index in [2.05, 4.69) is 27.5 Å². The van der Waals surface area contributed by atoms with Gasteiger partial charge < -0.3 is 10.1 Å². The number of nitrogens with zero attached hydrogens (tertiary/aromatic N) is 5. The van der Waals surface area contributed by atoms with Crippen molar-refractivity contribution in [3.8, 4) is 11.4 Å². The number of benzene rings is 2. The van der Waals surface area contributed by atoms with Crippen molar-refractivity contribution >= 4 is 17.5 Å². The van der Waals surface area contributed by atoms with Gasteiger partial charge in [0.1, 0.15) is 17.2 Å². The van der Waals surface area contributed by atoms with Crippen molar-refractivity contribution in [3.05, 3.63) is 82.9 Å². The molecule has 5 rings (SSSR count). The van der Waals surface area contributed by atoms with Gasteiger partial charge in [0.15, 0.2) is 0 Å². The number of anilines is 1. The third-order valence-corrected chi connectivity index (χ3v) is 5.89. The molecule has 3 heterocycles. The fourth-order valence-electron chi connectivity index (χ4n) is 4.05. The van der Waals surface area contributed by atoms with Gasteiger partial charge in [-0.25, -0.2) is 9.36 Å². The maximum atomic E-state index is 6.87. The molecule has 2 aromatic carbocycles. The van der Waals surface area contributed by atoms with Gasteiger partial charge in [0.25, 0.3) is 0 Å². The number of ether oxygens (including phenoxy) is 1. The average molecular weight is 421 g/mol. The van der Waals surface area contributed by atoms with Gasteiger partial charge in [-0.3, -0.25) is 0 Å². The highest BCUT2D eigenvalue weighted by atomic mass is 35.5. The molecular weight excluding hydrogens is 400 g/mol. The molecule has 0 fully saturated rings. The van der Waals surface area contributed by atoms with E-state index in [1.165, 1.54) is 0 Å². The maximum absolute atomic E-state index is 6.87. The van der Waals surface area contributed by atoms with E-state index in [1.807, 2.05) is 54.1 Å². The molecule has 0 saturated heterocycles. The molecule has 0 bridgehead atoms. The molecule has 2 atom stereocenters. The minimum atomic E-state index is -0.0826. The molecule has 0 amide bonds. The van der Waals surface area contributed by atoms with Crippen LogP contribution in [0.2, 0.25) is 5.15 Å². The van der Waals surface area contributed by atoms with Crippen molar-refractivity contribution in [2.45, 2.75) is 25.4 Å². The van der Waals surface area contributed by atoms with Gasteiger partial charge in [0, 0.05) is 5.56 Å². The highest BCUT2D eigenvalue weighted by molar-refractivity contribution is 6.30. The van der Waals surface area contributed by atoms with Crippen molar-refractivity contribution in [1.29, 1.82) is 0 Å². The Hall–Kier alpha value is -3.32. The number of aryl methyl sites for hydroxylation is 1. The molecule has 1 N–H and O–H groups in total. The van der Waals surface area contributed by atoms with Crippen LogP contribution in [0.3, 0.4) is 0 Å². The van der Waals surface area contributed by atoms with Gasteiger partial charge in [0.2, 0.25) is 5.95 Å². The number of fused-ring (bicyclic) bond motifs is 1. The lowest BCUT2D eigenvalue weighted by molar-refractivity contribution is 0.413. The Kier molecular flexibility index (Phi) is 4.67. The molecule has 152 valence electrons. The van der Waals surface area contributed by atoms with Crippen LogP contribution in [0, 0.1) is 6.92 Å². The Bertz CT molecular complexity index is 1170. The number of methoxy groups -OCH3 is 1. The summed E-state index contributed by atoms with van der Waals surface area (Å²) in [6, 6.07) is 18.0. The number of rotatable bonds is 4. The molecular formula is C22H21ClN6O. The fraction of sp³-hybridized carbons (Fsp3) is 0.227. The summed E-state index contributed by atoms with van der Waals surface area (Å²) >= 11 is 6.87. The second kappa shape index (κ2) is 7.50. The normalized spacial score (nSPS) is 18.0. The number of aromatic nitrogens is 5. The van der Waals surface area contributed by atoms with Crippen molar-refractivity contribution in [3.63, 3.8) is 0 Å². The van der Waals surface area contributed by atoms with Crippen LogP contribution in [0.5, 0.6) is 5.75 Å². The molecule has 30 heavy (non-hydrogen) atoms. The van der Waals surface area contributed by atoms with E-state index in [1.54, 1.807) is 18.1 Å². The monoisotopic (exact) mass is 420 g/mol. The van der Waals surface area contributed by atoms with Gasteiger partial charge in [-0.15, -0.1) is 0 Å². The van der Waals surface area contributed by atoms with E-state index in [9.17, 15) is 0 Å². The number of para-hydroxylation sites is 1. The molecule has 2 unspecified atom stereocenters. The van der Waals surface area contributed by atoms with E-state index in [0.717, 1.165) is 40.6 Å². The predicted octanol–water partition coefficient (Wildman–Crippen LogP) is 4.58. The van der Waals surface area contributed by atoms with Gasteiger partial charge >= 0.3 is 0 Å².